The molecule has 1 amide bonds. The molecule has 1 saturated carbocycles. The summed E-state index contributed by atoms with van der Waals surface area (Å²) in [6, 6.07) is 0.314. The molecule has 1 fully saturated rings. The van der Waals surface area contributed by atoms with Crippen molar-refractivity contribution in [3.63, 3.8) is 0 Å². The van der Waals surface area contributed by atoms with E-state index in [4.69, 9.17) is 20.4 Å². The maximum atomic E-state index is 10.8. The summed E-state index contributed by atoms with van der Waals surface area (Å²) in [6.45, 7) is 0. The molecule has 0 aliphatic heterocycles. The summed E-state index contributed by atoms with van der Waals surface area (Å²) in [7, 11) is 4.07. The number of primary amides is 1. The van der Waals surface area contributed by atoms with E-state index < -0.39 is 6.09 Å². The topological polar surface area (TPSA) is 93.4 Å². The van der Waals surface area contributed by atoms with Gasteiger partial charge < -0.3 is 20.7 Å². The van der Waals surface area contributed by atoms with Gasteiger partial charge in [0.15, 0.2) is 0 Å². The number of aromatic nitrogens is 2. The largest absolute Gasteiger partial charge is 0.446 e. The molecule has 1 aromatic heterocycles. The van der Waals surface area contributed by atoms with Crippen molar-refractivity contribution in [3.8, 4) is 0 Å². The minimum absolute atomic E-state index is 0.0534. The van der Waals surface area contributed by atoms with E-state index in [2.05, 4.69) is 10.2 Å². The summed E-state index contributed by atoms with van der Waals surface area (Å²) in [4.78, 5) is 22.4. The van der Waals surface area contributed by atoms with Crippen molar-refractivity contribution >= 4 is 17.9 Å². The van der Waals surface area contributed by atoms with Crippen LogP contribution in [-0.2, 0) is 17.6 Å². The number of hydrogen-bond donors (Lipinski definition) is 2. The summed E-state index contributed by atoms with van der Waals surface area (Å²) < 4.78 is 5.09. The lowest BCUT2D eigenvalue weighted by molar-refractivity contribution is 0.0805. The van der Waals surface area contributed by atoms with Crippen LogP contribution in [0, 0.1) is 0 Å². The zero-order valence-corrected chi connectivity index (χ0v) is 14.5. The third kappa shape index (κ3) is 3.88. The van der Waals surface area contributed by atoms with Gasteiger partial charge in [0.25, 0.3) is 0 Å². The summed E-state index contributed by atoms with van der Waals surface area (Å²) in [5, 5.41) is 3.48. The molecule has 1 aromatic rings. The minimum atomic E-state index is -0.681. The Morgan fingerprint density at radius 3 is 2.54 bits per heavy atom. The van der Waals surface area contributed by atoms with Crippen molar-refractivity contribution in [2.75, 3.05) is 24.3 Å². The lowest BCUT2D eigenvalue weighted by Crippen LogP contribution is -2.33. The van der Waals surface area contributed by atoms with Gasteiger partial charge in [0, 0.05) is 25.7 Å². The number of rotatable bonds is 4. The molecule has 0 aromatic carbocycles. The van der Waals surface area contributed by atoms with Gasteiger partial charge in [-0.05, 0) is 51.4 Å². The van der Waals surface area contributed by atoms with Gasteiger partial charge in [-0.1, -0.05) is 0 Å². The second-order valence-electron chi connectivity index (χ2n) is 6.95. The fraction of sp³-hybridized carbons (Fsp3) is 0.706. The van der Waals surface area contributed by atoms with Crippen LogP contribution in [0.5, 0.6) is 0 Å². The molecule has 0 saturated heterocycles. The van der Waals surface area contributed by atoms with Crippen molar-refractivity contribution in [3.05, 3.63) is 11.3 Å². The third-order valence-corrected chi connectivity index (χ3v) is 4.88. The predicted molar refractivity (Wildman–Crippen MR) is 93.3 cm³/mol. The Kier molecular flexibility index (Phi) is 5.06. The molecule has 2 aliphatic carbocycles. The second-order valence-corrected chi connectivity index (χ2v) is 6.95. The molecule has 0 spiro atoms. The van der Waals surface area contributed by atoms with Crippen molar-refractivity contribution in [1.29, 1.82) is 0 Å². The molecule has 3 N–H and O–H groups in total. The van der Waals surface area contributed by atoms with Gasteiger partial charge in [-0.3, -0.25) is 0 Å². The van der Waals surface area contributed by atoms with Gasteiger partial charge >= 0.3 is 6.09 Å². The second kappa shape index (κ2) is 7.23. The van der Waals surface area contributed by atoms with Crippen LogP contribution in [0.1, 0.15) is 49.8 Å². The third-order valence-electron chi connectivity index (χ3n) is 4.88. The zero-order chi connectivity index (χ0) is 17.1. The first-order chi connectivity index (χ1) is 11.5. The van der Waals surface area contributed by atoms with Crippen LogP contribution in [0.2, 0.25) is 0 Å². The van der Waals surface area contributed by atoms with Gasteiger partial charge in [-0.15, -0.1) is 0 Å². The van der Waals surface area contributed by atoms with Gasteiger partial charge in [-0.25, -0.2) is 9.78 Å². The Hall–Kier alpha value is -2.05. The molecule has 24 heavy (non-hydrogen) atoms. The summed E-state index contributed by atoms with van der Waals surface area (Å²) >= 11 is 0. The number of aryl methyl sites for hydroxylation is 1. The Morgan fingerprint density at radius 1 is 1.17 bits per heavy atom. The molecular weight excluding hydrogens is 306 g/mol. The average Bonchev–Trinajstić information content (AvgIpc) is 2.55. The van der Waals surface area contributed by atoms with E-state index in [1.807, 2.05) is 14.1 Å². The highest BCUT2D eigenvalue weighted by Gasteiger charge is 2.25. The first-order valence-corrected chi connectivity index (χ1v) is 8.82. The lowest BCUT2D eigenvalue weighted by Gasteiger charge is -2.29. The maximum Gasteiger partial charge on any atom is 0.404 e. The SMILES string of the molecule is CN(C)c1nc(NC2CCC(OC(N)=O)CC2)nc2c1CCCC2. The number of nitrogens with zero attached hydrogens (tertiary/aromatic N) is 3. The Labute approximate surface area is 143 Å². The summed E-state index contributed by atoms with van der Waals surface area (Å²) in [5.74, 6) is 1.76. The van der Waals surface area contributed by atoms with Gasteiger partial charge in [0.2, 0.25) is 5.95 Å². The van der Waals surface area contributed by atoms with Crippen molar-refractivity contribution in [2.45, 2.75) is 63.5 Å². The van der Waals surface area contributed by atoms with E-state index in [-0.39, 0.29) is 6.10 Å². The van der Waals surface area contributed by atoms with Crippen LogP contribution in [-0.4, -0.2) is 42.3 Å². The quantitative estimate of drug-likeness (QED) is 0.878. The molecule has 0 unspecified atom stereocenters. The van der Waals surface area contributed by atoms with Crippen LogP contribution in [0.25, 0.3) is 0 Å². The number of fused-ring (bicyclic) bond motifs is 1. The van der Waals surface area contributed by atoms with E-state index in [0.29, 0.717) is 6.04 Å². The lowest BCUT2D eigenvalue weighted by atomic mass is 9.93. The van der Waals surface area contributed by atoms with Crippen LogP contribution in [0.4, 0.5) is 16.6 Å². The van der Waals surface area contributed by atoms with E-state index >= 15 is 0 Å². The monoisotopic (exact) mass is 333 g/mol. The maximum absolute atomic E-state index is 10.8. The van der Waals surface area contributed by atoms with E-state index in [1.165, 1.54) is 24.1 Å². The van der Waals surface area contributed by atoms with E-state index in [0.717, 1.165) is 50.3 Å². The molecular formula is C17H27N5O2. The van der Waals surface area contributed by atoms with Crippen molar-refractivity contribution in [1.82, 2.24) is 9.97 Å². The number of ether oxygens (including phenoxy) is 1. The number of anilines is 2. The van der Waals surface area contributed by atoms with Gasteiger partial charge in [0.05, 0.1) is 5.69 Å². The fourth-order valence-electron chi connectivity index (χ4n) is 3.68. The predicted octanol–water partition coefficient (Wildman–Crippen LogP) is 2.24. The van der Waals surface area contributed by atoms with Crippen LogP contribution in [0.15, 0.2) is 0 Å². The molecule has 132 valence electrons. The molecule has 2 aliphatic rings. The number of nitrogens with two attached hydrogens (primary N) is 1. The van der Waals surface area contributed by atoms with E-state index in [1.54, 1.807) is 0 Å². The number of carbonyl (C=O) groups is 1. The number of amides is 1. The number of carbonyl (C=O) groups excluding carboxylic acids is 1. The molecule has 0 radical (unpaired) electrons. The minimum Gasteiger partial charge on any atom is -0.446 e. The Morgan fingerprint density at radius 2 is 1.88 bits per heavy atom. The molecule has 0 bridgehead atoms. The molecule has 0 atom stereocenters. The number of nitrogens with one attached hydrogen (secondary N) is 1. The van der Waals surface area contributed by atoms with Crippen LogP contribution in [0.3, 0.4) is 0 Å². The standard InChI is InChI=1S/C17H27N5O2/c1-22(2)15-13-5-3-4-6-14(13)20-17(21-15)19-11-7-9-12(10-8-11)24-16(18)23/h11-12H,3-10H2,1-2H3,(H2,18,23)(H,19,20,21). The van der Waals surface area contributed by atoms with Gasteiger partial charge in [-0.2, -0.15) is 4.98 Å². The zero-order valence-electron chi connectivity index (χ0n) is 14.5. The van der Waals surface area contributed by atoms with Crippen LogP contribution < -0.4 is 16.0 Å². The highest BCUT2D eigenvalue weighted by Crippen LogP contribution is 2.29. The first kappa shape index (κ1) is 16.8. The van der Waals surface area contributed by atoms with Crippen molar-refractivity contribution in [2.24, 2.45) is 5.73 Å². The molecule has 1 heterocycles. The highest BCUT2D eigenvalue weighted by atomic mass is 16.6. The van der Waals surface area contributed by atoms with Crippen molar-refractivity contribution < 1.29 is 9.53 Å². The molecule has 7 nitrogen and oxygen atoms in total. The van der Waals surface area contributed by atoms with E-state index in [9.17, 15) is 4.79 Å². The normalized spacial score (nSPS) is 23.2. The summed E-state index contributed by atoms with van der Waals surface area (Å²) in [6.07, 6.45) is 7.29. The Bertz CT molecular complexity index is 597. The fourth-order valence-corrected chi connectivity index (χ4v) is 3.68. The van der Waals surface area contributed by atoms with Crippen LogP contribution >= 0.6 is 0 Å². The molecule has 3 rings (SSSR count). The number of hydrogen-bond acceptors (Lipinski definition) is 6. The molecule has 7 heteroatoms. The summed E-state index contributed by atoms with van der Waals surface area (Å²) in [5.41, 5.74) is 7.58. The average molecular weight is 333 g/mol. The first-order valence-electron chi connectivity index (χ1n) is 8.82. The smallest absolute Gasteiger partial charge is 0.404 e. The van der Waals surface area contributed by atoms with Gasteiger partial charge in [0.1, 0.15) is 11.9 Å². The highest BCUT2D eigenvalue weighted by molar-refractivity contribution is 5.64. The Balaban J connectivity index is 1.67.